The van der Waals surface area contributed by atoms with Crippen molar-refractivity contribution in [3.8, 4) is 11.1 Å². The number of fused-ring (bicyclic) bond motifs is 1. The topological polar surface area (TPSA) is 33.1 Å². The fraction of sp³-hybridized carbons (Fsp3) is 0.211. The number of benzene rings is 2. The first-order chi connectivity index (χ1) is 11.7. The fourth-order valence-electron chi connectivity index (χ4n) is 3.23. The summed E-state index contributed by atoms with van der Waals surface area (Å²) in [5, 5.41) is 8.99. The number of rotatable bonds is 3. The highest BCUT2D eigenvalue weighted by molar-refractivity contribution is 6.30. The van der Waals surface area contributed by atoms with Crippen molar-refractivity contribution in [2.45, 2.75) is 20.1 Å². The van der Waals surface area contributed by atoms with Crippen LogP contribution in [0.2, 0.25) is 5.02 Å². The van der Waals surface area contributed by atoms with Crippen molar-refractivity contribution in [3.05, 3.63) is 70.9 Å². The molecule has 1 aliphatic heterocycles. The molecular weight excluding hydrogens is 320 g/mol. The Morgan fingerprint density at radius 2 is 1.96 bits per heavy atom. The van der Waals surface area contributed by atoms with Gasteiger partial charge in [0.15, 0.2) is 0 Å². The van der Waals surface area contributed by atoms with Crippen molar-refractivity contribution in [3.63, 3.8) is 0 Å². The first-order valence-electron chi connectivity index (χ1n) is 8.04. The van der Waals surface area contributed by atoms with Gasteiger partial charge in [0.25, 0.3) is 0 Å². The van der Waals surface area contributed by atoms with Crippen LogP contribution < -0.4 is 5.32 Å². The van der Waals surface area contributed by atoms with Gasteiger partial charge in [-0.3, -0.25) is 4.90 Å². The molecule has 2 heterocycles. The number of nitrogens with zero attached hydrogens (tertiary/aromatic N) is 3. The van der Waals surface area contributed by atoms with Gasteiger partial charge in [-0.05, 0) is 30.2 Å². The molecule has 0 bridgehead atoms. The SMILES string of the molecule is Cc1nn2c(c1-c1cccc(Cl)c1)NCN(Cc1ccccc1)C2. The molecule has 1 aromatic heterocycles. The van der Waals surface area contributed by atoms with E-state index < -0.39 is 0 Å². The second-order valence-electron chi connectivity index (χ2n) is 6.11. The summed E-state index contributed by atoms with van der Waals surface area (Å²) in [5.74, 6) is 1.07. The average molecular weight is 339 g/mol. The summed E-state index contributed by atoms with van der Waals surface area (Å²) < 4.78 is 2.04. The minimum atomic E-state index is 0.744. The average Bonchev–Trinajstić information content (AvgIpc) is 2.91. The van der Waals surface area contributed by atoms with Gasteiger partial charge in [0.1, 0.15) is 5.82 Å². The van der Waals surface area contributed by atoms with Crippen LogP contribution in [0.1, 0.15) is 11.3 Å². The number of halogens is 1. The second kappa shape index (κ2) is 6.30. The molecule has 5 heteroatoms. The molecule has 0 fully saturated rings. The Morgan fingerprint density at radius 3 is 2.75 bits per heavy atom. The summed E-state index contributed by atoms with van der Waals surface area (Å²) in [7, 11) is 0. The van der Waals surface area contributed by atoms with Gasteiger partial charge in [-0.2, -0.15) is 5.10 Å². The van der Waals surface area contributed by atoms with E-state index in [0.29, 0.717) is 0 Å². The van der Waals surface area contributed by atoms with Crippen LogP contribution in [0.15, 0.2) is 54.6 Å². The zero-order chi connectivity index (χ0) is 16.5. The molecule has 0 radical (unpaired) electrons. The lowest BCUT2D eigenvalue weighted by Crippen LogP contribution is -2.36. The standard InChI is InChI=1S/C19H19ClN4/c1-14-18(16-8-5-9-17(20)10-16)19-21-12-23(13-24(19)22-14)11-15-6-3-2-4-7-15/h2-10,21H,11-13H2,1H3. The van der Waals surface area contributed by atoms with Crippen LogP contribution in [-0.2, 0) is 13.2 Å². The van der Waals surface area contributed by atoms with Gasteiger partial charge in [-0.15, -0.1) is 0 Å². The van der Waals surface area contributed by atoms with Crippen LogP contribution in [0.5, 0.6) is 0 Å². The van der Waals surface area contributed by atoms with Crippen LogP contribution in [-0.4, -0.2) is 21.3 Å². The van der Waals surface area contributed by atoms with Gasteiger partial charge in [0.2, 0.25) is 0 Å². The van der Waals surface area contributed by atoms with Crippen molar-refractivity contribution in [2.75, 3.05) is 12.0 Å². The first-order valence-corrected chi connectivity index (χ1v) is 8.42. The summed E-state index contributed by atoms with van der Waals surface area (Å²) in [4.78, 5) is 2.33. The van der Waals surface area contributed by atoms with E-state index in [1.54, 1.807) is 0 Å². The Labute approximate surface area is 146 Å². The number of anilines is 1. The van der Waals surface area contributed by atoms with Crippen LogP contribution in [0.4, 0.5) is 5.82 Å². The van der Waals surface area contributed by atoms with E-state index in [9.17, 15) is 0 Å². The molecule has 4 rings (SSSR count). The Hall–Kier alpha value is -2.30. The van der Waals surface area contributed by atoms with E-state index in [2.05, 4.69) is 40.5 Å². The Bertz CT molecular complexity index is 857. The zero-order valence-electron chi connectivity index (χ0n) is 13.5. The molecule has 122 valence electrons. The maximum atomic E-state index is 6.15. The third kappa shape index (κ3) is 2.90. The highest BCUT2D eigenvalue weighted by Gasteiger charge is 2.22. The van der Waals surface area contributed by atoms with Crippen LogP contribution >= 0.6 is 11.6 Å². The largest absolute Gasteiger partial charge is 0.357 e. The number of hydrogen-bond donors (Lipinski definition) is 1. The summed E-state index contributed by atoms with van der Waals surface area (Å²) >= 11 is 6.15. The molecule has 1 aliphatic rings. The lowest BCUT2D eigenvalue weighted by molar-refractivity contribution is 0.198. The van der Waals surface area contributed by atoms with Gasteiger partial charge < -0.3 is 5.32 Å². The summed E-state index contributed by atoms with van der Waals surface area (Å²) in [5.41, 5.74) is 4.56. The lowest BCUT2D eigenvalue weighted by atomic mass is 10.1. The lowest BCUT2D eigenvalue weighted by Gasteiger charge is -2.29. The van der Waals surface area contributed by atoms with Crippen molar-refractivity contribution < 1.29 is 0 Å². The van der Waals surface area contributed by atoms with E-state index in [1.165, 1.54) is 5.56 Å². The minimum Gasteiger partial charge on any atom is -0.357 e. The van der Waals surface area contributed by atoms with Crippen LogP contribution in [0, 0.1) is 6.92 Å². The van der Waals surface area contributed by atoms with Crippen molar-refractivity contribution in [2.24, 2.45) is 0 Å². The van der Waals surface area contributed by atoms with E-state index in [4.69, 9.17) is 16.7 Å². The third-order valence-electron chi connectivity index (χ3n) is 4.29. The number of aryl methyl sites for hydroxylation is 1. The first kappa shape index (κ1) is 15.2. The van der Waals surface area contributed by atoms with E-state index in [0.717, 1.165) is 47.5 Å². The molecule has 1 N–H and O–H groups in total. The molecule has 0 spiro atoms. The molecule has 0 aliphatic carbocycles. The van der Waals surface area contributed by atoms with E-state index >= 15 is 0 Å². The van der Waals surface area contributed by atoms with Gasteiger partial charge >= 0.3 is 0 Å². The molecule has 24 heavy (non-hydrogen) atoms. The van der Waals surface area contributed by atoms with Gasteiger partial charge in [-0.1, -0.05) is 54.1 Å². The maximum Gasteiger partial charge on any atom is 0.135 e. The summed E-state index contributed by atoms with van der Waals surface area (Å²) in [6, 6.07) is 18.4. The van der Waals surface area contributed by atoms with Crippen LogP contribution in [0.25, 0.3) is 11.1 Å². The van der Waals surface area contributed by atoms with E-state index in [-0.39, 0.29) is 0 Å². The molecule has 0 saturated heterocycles. The maximum absolute atomic E-state index is 6.15. The molecule has 0 amide bonds. The van der Waals surface area contributed by atoms with E-state index in [1.807, 2.05) is 35.9 Å². The van der Waals surface area contributed by atoms with Crippen molar-refractivity contribution in [1.29, 1.82) is 0 Å². The number of aromatic nitrogens is 2. The molecule has 0 unspecified atom stereocenters. The second-order valence-corrected chi connectivity index (χ2v) is 6.55. The summed E-state index contributed by atoms with van der Waals surface area (Å²) in [6.45, 7) is 4.52. The third-order valence-corrected chi connectivity index (χ3v) is 4.53. The smallest absolute Gasteiger partial charge is 0.135 e. The van der Waals surface area contributed by atoms with Crippen LogP contribution in [0.3, 0.4) is 0 Å². The zero-order valence-corrected chi connectivity index (χ0v) is 14.3. The highest BCUT2D eigenvalue weighted by Crippen LogP contribution is 2.34. The van der Waals surface area contributed by atoms with Gasteiger partial charge in [0, 0.05) is 17.1 Å². The monoisotopic (exact) mass is 338 g/mol. The predicted octanol–water partition coefficient (Wildman–Crippen LogP) is 4.35. The Balaban J connectivity index is 1.61. The summed E-state index contributed by atoms with van der Waals surface area (Å²) in [6.07, 6.45) is 0. The van der Waals surface area contributed by atoms with Crippen molar-refractivity contribution in [1.82, 2.24) is 14.7 Å². The molecular formula is C19H19ClN4. The molecule has 2 aromatic carbocycles. The number of hydrogen-bond acceptors (Lipinski definition) is 3. The molecule has 4 nitrogen and oxygen atoms in total. The molecule has 0 saturated carbocycles. The van der Waals surface area contributed by atoms with Gasteiger partial charge in [0.05, 0.1) is 19.0 Å². The predicted molar refractivity (Wildman–Crippen MR) is 97.9 cm³/mol. The Kier molecular flexibility index (Phi) is 4.00. The number of nitrogens with one attached hydrogen (secondary N) is 1. The van der Waals surface area contributed by atoms with Crippen molar-refractivity contribution >= 4 is 17.4 Å². The minimum absolute atomic E-state index is 0.744. The Morgan fingerprint density at radius 1 is 1.12 bits per heavy atom. The quantitative estimate of drug-likeness (QED) is 0.770. The molecule has 0 atom stereocenters. The molecule has 3 aromatic rings. The van der Waals surface area contributed by atoms with Gasteiger partial charge in [-0.25, -0.2) is 4.68 Å². The fourth-order valence-corrected chi connectivity index (χ4v) is 3.42. The highest BCUT2D eigenvalue weighted by atomic mass is 35.5. The normalized spacial score (nSPS) is 14.2.